The van der Waals surface area contributed by atoms with Gasteiger partial charge in [-0.2, -0.15) is 22.5 Å². The van der Waals surface area contributed by atoms with Crippen molar-refractivity contribution in [3.8, 4) is 11.4 Å². The molecule has 3 heterocycles. The fraction of sp³-hybridized carbons (Fsp3) is 0.316. The lowest BCUT2D eigenvalue weighted by molar-refractivity contribution is -0.137. The summed E-state index contributed by atoms with van der Waals surface area (Å²) in [6.07, 6.45) is -1.64. The zero-order chi connectivity index (χ0) is 22.1. The molecule has 31 heavy (non-hydrogen) atoms. The predicted molar refractivity (Wildman–Crippen MR) is 103 cm³/mol. The minimum Gasteiger partial charge on any atom is -0.338 e. The predicted octanol–water partition coefficient (Wildman–Crippen LogP) is 2.66. The van der Waals surface area contributed by atoms with Crippen LogP contribution in [0.3, 0.4) is 0 Å². The standard InChI is InChI=1S/C19H18F3N5O3S/c20-19(21,22)15-4-1-3-14(11-15)18-24-17(30-25-18)13-26-7-9-27(10-8-26)31(28,29)16-5-2-6-23-12-16/h1-6,11-12H,7-10,13H2. The van der Waals surface area contributed by atoms with Crippen molar-refractivity contribution in [3.05, 3.63) is 60.2 Å². The molecule has 0 saturated carbocycles. The van der Waals surface area contributed by atoms with Gasteiger partial charge in [0.1, 0.15) is 4.90 Å². The maximum Gasteiger partial charge on any atom is 0.416 e. The van der Waals surface area contributed by atoms with Crippen molar-refractivity contribution in [2.24, 2.45) is 0 Å². The number of pyridine rings is 1. The topological polar surface area (TPSA) is 92.4 Å². The molecule has 3 aromatic rings. The third kappa shape index (κ3) is 4.75. The Bertz CT molecular complexity index is 1140. The Morgan fingerprint density at radius 2 is 1.84 bits per heavy atom. The molecular weight excluding hydrogens is 435 g/mol. The monoisotopic (exact) mass is 453 g/mol. The fourth-order valence-electron chi connectivity index (χ4n) is 3.24. The Balaban J connectivity index is 1.39. The highest BCUT2D eigenvalue weighted by Crippen LogP contribution is 2.31. The molecular formula is C19H18F3N5O3S. The van der Waals surface area contributed by atoms with Gasteiger partial charge in [0.15, 0.2) is 0 Å². The molecule has 0 atom stereocenters. The van der Waals surface area contributed by atoms with E-state index >= 15 is 0 Å². The summed E-state index contributed by atoms with van der Waals surface area (Å²) in [5.74, 6) is 0.315. The summed E-state index contributed by atoms with van der Waals surface area (Å²) in [4.78, 5) is 10.1. The Hall–Kier alpha value is -2.83. The van der Waals surface area contributed by atoms with Crippen LogP contribution in [0.1, 0.15) is 11.5 Å². The molecule has 1 aromatic carbocycles. The molecule has 1 saturated heterocycles. The van der Waals surface area contributed by atoms with Crippen molar-refractivity contribution in [2.75, 3.05) is 26.2 Å². The van der Waals surface area contributed by atoms with Crippen LogP contribution >= 0.6 is 0 Å². The fourth-order valence-corrected chi connectivity index (χ4v) is 4.63. The molecule has 1 fully saturated rings. The summed E-state index contributed by atoms with van der Waals surface area (Å²) in [6.45, 7) is 1.73. The molecule has 1 aliphatic rings. The Morgan fingerprint density at radius 1 is 1.06 bits per heavy atom. The lowest BCUT2D eigenvalue weighted by Gasteiger charge is -2.33. The van der Waals surface area contributed by atoms with Gasteiger partial charge in [-0.15, -0.1) is 0 Å². The first-order chi connectivity index (χ1) is 14.7. The SMILES string of the molecule is O=S(=O)(c1cccnc1)N1CCN(Cc2nc(-c3cccc(C(F)(F)F)c3)no2)CC1. The molecule has 0 radical (unpaired) electrons. The molecule has 0 unspecified atom stereocenters. The summed E-state index contributed by atoms with van der Waals surface area (Å²) in [5, 5.41) is 3.78. The Kier molecular flexibility index (Phi) is 5.77. The van der Waals surface area contributed by atoms with Gasteiger partial charge in [0.25, 0.3) is 0 Å². The molecule has 0 bridgehead atoms. The molecule has 0 spiro atoms. The number of sulfonamides is 1. The normalized spacial score (nSPS) is 16.5. The van der Waals surface area contributed by atoms with E-state index < -0.39 is 21.8 Å². The van der Waals surface area contributed by atoms with E-state index in [1.807, 2.05) is 4.90 Å². The van der Waals surface area contributed by atoms with E-state index in [0.717, 1.165) is 12.1 Å². The maximum atomic E-state index is 12.9. The highest BCUT2D eigenvalue weighted by molar-refractivity contribution is 7.89. The molecule has 4 rings (SSSR count). The average Bonchev–Trinajstić information content (AvgIpc) is 3.23. The summed E-state index contributed by atoms with van der Waals surface area (Å²) >= 11 is 0. The van der Waals surface area contributed by atoms with Crippen molar-refractivity contribution in [1.29, 1.82) is 0 Å². The van der Waals surface area contributed by atoms with Crippen LogP contribution in [0, 0.1) is 0 Å². The van der Waals surface area contributed by atoms with E-state index in [9.17, 15) is 21.6 Å². The number of hydrogen-bond donors (Lipinski definition) is 0. The number of alkyl halides is 3. The first-order valence-corrected chi connectivity index (χ1v) is 10.8. The molecule has 12 heteroatoms. The van der Waals surface area contributed by atoms with Crippen LogP contribution in [0.4, 0.5) is 13.2 Å². The second-order valence-corrected chi connectivity index (χ2v) is 8.90. The minimum atomic E-state index is -4.46. The van der Waals surface area contributed by atoms with E-state index in [1.165, 1.54) is 34.9 Å². The second kappa shape index (κ2) is 8.36. The minimum absolute atomic E-state index is 0.0684. The second-order valence-electron chi connectivity index (χ2n) is 6.96. The quantitative estimate of drug-likeness (QED) is 0.586. The van der Waals surface area contributed by atoms with Crippen LogP contribution in [-0.2, 0) is 22.7 Å². The maximum absolute atomic E-state index is 12.9. The van der Waals surface area contributed by atoms with Crippen molar-refractivity contribution >= 4 is 10.0 Å². The number of hydrogen-bond acceptors (Lipinski definition) is 7. The molecule has 8 nitrogen and oxygen atoms in total. The summed E-state index contributed by atoms with van der Waals surface area (Å²) in [5.41, 5.74) is -0.584. The van der Waals surface area contributed by atoms with E-state index in [1.54, 1.807) is 6.07 Å². The zero-order valence-electron chi connectivity index (χ0n) is 16.2. The van der Waals surface area contributed by atoms with Gasteiger partial charge in [0, 0.05) is 44.1 Å². The van der Waals surface area contributed by atoms with Crippen LogP contribution in [-0.4, -0.2) is 58.9 Å². The number of benzene rings is 1. The molecule has 0 amide bonds. The van der Waals surface area contributed by atoms with Crippen molar-refractivity contribution in [3.63, 3.8) is 0 Å². The van der Waals surface area contributed by atoms with Gasteiger partial charge in [0.05, 0.1) is 12.1 Å². The van der Waals surface area contributed by atoms with E-state index in [0.29, 0.717) is 13.1 Å². The van der Waals surface area contributed by atoms with Gasteiger partial charge >= 0.3 is 6.18 Å². The lowest BCUT2D eigenvalue weighted by atomic mass is 10.1. The summed E-state index contributed by atoms with van der Waals surface area (Å²) in [6, 6.07) is 7.78. The molecule has 0 N–H and O–H groups in total. The van der Waals surface area contributed by atoms with Gasteiger partial charge in [-0.3, -0.25) is 9.88 Å². The summed E-state index contributed by atoms with van der Waals surface area (Å²) < 4.78 is 70.6. The molecule has 1 aliphatic heterocycles. The number of nitrogens with zero attached hydrogens (tertiary/aromatic N) is 5. The third-order valence-corrected chi connectivity index (χ3v) is 6.76. The third-order valence-electron chi connectivity index (χ3n) is 4.88. The van der Waals surface area contributed by atoms with Gasteiger partial charge < -0.3 is 4.52 Å². The van der Waals surface area contributed by atoms with Crippen LogP contribution in [0.2, 0.25) is 0 Å². The number of rotatable bonds is 5. The largest absolute Gasteiger partial charge is 0.416 e. The number of aromatic nitrogens is 3. The molecule has 164 valence electrons. The average molecular weight is 453 g/mol. The van der Waals surface area contributed by atoms with Gasteiger partial charge in [-0.25, -0.2) is 8.42 Å². The zero-order valence-corrected chi connectivity index (χ0v) is 17.0. The first-order valence-electron chi connectivity index (χ1n) is 9.36. The molecule has 0 aliphatic carbocycles. The summed E-state index contributed by atoms with van der Waals surface area (Å²) in [7, 11) is -3.61. The number of halogens is 3. The highest BCUT2D eigenvalue weighted by Gasteiger charge is 2.31. The van der Waals surface area contributed by atoms with Crippen molar-refractivity contribution < 1.29 is 26.1 Å². The number of piperazine rings is 1. The smallest absolute Gasteiger partial charge is 0.338 e. The van der Waals surface area contributed by atoms with E-state index in [4.69, 9.17) is 4.52 Å². The first kappa shape index (κ1) is 21.4. The lowest BCUT2D eigenvalue weighted by Crippen LogP contribution is -2.48. The van der Waals surface area contributed by atoms with Crippen LogP contribution in [0.25, 0.3) is 11.4 Å². The van der Waals surface area contributed by atoms with Crippen LogP contribution in [0.5, 0.6) is 0 Å². The van der Waals surface area contributed by atoms with Crippen LogP contribution in [0.15, 0.2) is 58.2 Å². The Morgan fingerprint density at radius 3 is 2.52 bits per heavy atom. The Labute approximate surface area is 176 Å². The van der Waals surface area contributed by atoms with Crippen molar-refractivity contribution in [2.45, 2.75) is 17.6 Å². The van der Waals surface area contributed by atoms with Gasteiger partial charge in [-0.05, 0) is 24.3 Å². The van der Waals surface area contributed by atoms with E-state index in [2.05, 4.69) is 15.1 Å². The highest BCUT2D eigenvalue weighted by atomic mass is 32.2. The van der Waals surface area contributed by atoms with Crippen LogP contribution < -0.4 is 0 Å². The van der Waals surface area contributed by atoms with Crippen molar-refractivity contribution in [1.82, 2.24) is 24.3 Å². The van der Waals surface area contributed by atoms with Gasteiger partial charge in [0.2, 0.25) is 21.7 Å². The van der Waals surface area contributed by atoms with E-state index in [-0.39, 0.29) is 41.8 Å². The molecule has 2 aromatic heterocycles. The van der Waals surface area contributed by atoms with Gasteiger partial charge in [-0.1, -0.05) is 17.3 Å².